The first-order chi connectivity index (χ1) is 7.19. The van der Waals surface area contributed by atoms with Gasteiger partial charge in [0.1, 0.15) is 0 Å². The third-order valence-corrected chi connectivity index (χ3v) is 5.71. The molecule has 0 amide bonds. The average Bonchev–Trinajstić information content (AvgIpc) is 2.06. The van der Waals surface area contributed by atoms with Crippen LogP contribution in [0.15, 0.2) is 0 Å². The molecule has 0 radical (unpaired) electrons. The van der Waals surface area contributed by atoms with E-state index in [0.717, 1.165) is 23.2 Å². The van der Waals surface area contributed by atoms with Gasteiger partial charge in [-0.2, -0.15) is 0 Å². The molecule has 3 fully saturated rings. The fourth-order valence-electron chi connectivity index (χ4n) is 4.49. The molecule has 0 aromatic carbocycles. The van der Waals surface area contributed by atoms with E-state index in [1.54, 1.807) is 12.8 Å². The lowest BCUT2D eigenvalue weighted by atomic mass is 9.47. The van der Waals surface area contributed by atoms with Crippen molar-refractivity contribution in [1.82, 2.24) is 0 Å². The normalized spacial score (nSPS) is 44.8. The van der Waals surface area contributed by atoms with Gasteiger partial charge in [0.2, 0.25) is 0 Å². The predicted molar refractivity (Wildman–Crippen MR) is 63.5 cm³/mol. The van der Waals surface area contributed by atoms with Gasteiger partial charge in [-0.3, -0.25) is 0 Å². The summed E-state index contributed by atoms with van der Waals surface area (Å²) in [5.41, 5.74) is 6.97. The number of hydrogen-bond donors (Lipinski definition) is 1. The predicted octanol–water partition coefficient (Wildman–Crippen LogP) is 3.33. The fourth-order valence-corrected chi connectivity index (χ4v) is 4.49. The Morgan fingerprint density at radius 2 is 1.87 bits per heavy atom. The molecule has 3 aliphatic carbocycles. The van der Waals surface area contributed by atoms with Crippen molar-refractivity contribution in [2.75, 3.05) is 0 Å². The molecule has 0 aliphatic heterocycles. The molecular weight excluding hydrogens is 182 g/mol. The Morgan fingerprint density at radius 3 is 2.47 bits per heavy atom. The van der Waals surface area contributed by atoms with E-state index in [2.05, 4.69) is 6.92 Å². The summed E-state index contributed by atoms with van der Waals surface area (Å²) in [5.74, 6) is 2.97. The molecular formula is C14H25N. The minimum absolute atomic E-state index is 0.518. The monoisotopic (exact) mass is 207 g/mol. The van der Waals surface area contributed by atoms with Gasteiger partial charge in [-0.05, 0) is 68.1 Å². The van der Waals surface area contributed by atoms with Crippen molar-refractivity contribution in [2.45, 2.75) is 64.3 Å². The summed E-state index contributed by atoms with van der Waals surface area (Å²) in [6.45, 7) is 2.46. The van der Waals surface area contributed by atoms with Crippen LogP contribution in [0.4, 0.5) is 0 Å². The van der Waals surface area contributed by atoms with Gasteiger partial charge in [0.05, 0.1) is 0 Å². The summed E-state index contributed by atoms with van der Waals surface area (Å²) in [7, 11) is 0. The van der Waals surface area contributed by atoms with Crippen LogP contribution in [-0.2, 0) is 0 Å². The zero-order chi connectivity index (χ0) is 10.5. The maximum absolute atomic E-state index is 6.12. The molecule has 1 heteroatoms. The van der Waals surface area contributed by atoms with E-state index in [9.17, 15) is 0 Å². The van der Waals surface area contributed by atoms with Gasteiger partial charge in [0, 0.05) is 6.04 Å². The van der Waals surface area contributed by atoms with Crippen molar-refractivity contribution >= 4 is 0 Å². The summed E-state index contributed by atoms with van der Waals surface area (Å²) in [6.07, 6.45) is 11.7. The lowest BCUT2D eigenvalue weighted by Gasteiger charge is -2.58. The molecule has 3 saturated carbocycles. The smallest absolute Gasteiger partial charge is 0.00417 e. The molecule has 86 valence electrons. The van der Waals surface area contributed by atoms with Crippen LogP contribution in [-0.4, -0.2) is 6.04 Å². The van der Waals surface area contributed by atoms with Crippen LogP contribution in [0.25, 0.3) is 0 Å². The Balaban J connectivity index is 1.58. The largest absolute Gasteiger partial charge is 0.328 e. The molecule has 2 N–H and O–H groups in total. The Bertz CT molecular complexity index is 236. The summed E-state index contributed by atoms with van der Waals surface area (Å²) < 4.78 is 0. The zero-order valence-electron chi connectivity index (χ0n) is 10.0. The maximum atomic E-state index is 6.12. The highest BCUT2D eigenvalue weighted by Gasteiger charge is 2.51. The molecule has 0 bridgehead atoms. The highest BCUT2D eigenvalue weighted by Crippen LogP contribution is 2.62. The molecule has 3 rings (SSSR count). The van der Waals surface area contributed by atoms with Gasteiger partial charge >= 0.3 is 0 Å². The first-order valence-electron chi connectivity index (χ1n) is 6.94. The Hall–Kier alpha value is -0.0400. The Morgan fingerprint density at radius 1 is 1.13 bits per heavy atom. The fraction of sp³-hybridized carbons (Fsp3) is 1.00. The molecule has 0 heterocycles. The van der Waals surface area contributed by atoms with E-state index in [1.807, 2.05) is 0 Å². The van der Waals surface area contributed by atoms with Gasteiger partial charge in [0.25, 0.3) is 0 Å². The Labute approximate surface area is 93.8 Å². The maximum Gasteiger partial charge on any atom is 0.00417 e. The summed E-state index contributed by atoms with van der Waals surface area (Å²) in [6, 6.07) is 0.518. The van der Waals surface area contributed by atoms with Crippen molar-refractivity contribution < 1.29 is 0 Å². The first kappa shape index (κ1) is 10.1. The average molecular weight is 207 g/mol. The van der Waals surface area contributed by atoms with Crippen LogP contribution in [0.5, 0.6) is 0 Å². The third kappa shape index (κ3) is 1.63. The molecule has 3 unspecified atom stereocenters. The van der Waals surface area contributed by atoms with Gasteiger partial charge in [-0.1, -0.05) is 13.3 Å². The highest BCUT2D eigenvalue weighted by atomic mass is 14.7. The number of nitrogens with two attached hydrogens (primary N) is 1. The molecule has 15 heavy (non-hydrogen) atoms. The second-order valence-corrected chi connectivity index (χ2v) is 6.74. The topological polar surface area (TPSA) is 26.0 Å². The van der Waals surface area contributed by atoms with Gasteiger partial charge in [-0.25, -0.2) is 0 Å². The number of rotatable bonds is 1. The van der Waals surface area contributed by atoms with Crippen LogP contribution < -0.4 is 5.73 Å². The summed E-state index contributed by atoms with van der Waals surface area (Å²) >= 11 is 0. The second-order valence-electron chi connectivity index (χ2n) is 6.74. The first-order valence-corrected chi connectivity index (χ1v) is 6.94. The van der Waals surface area contributed by atoms with Crippen molar-refractivity contribution in [3.8, 4) is 0 Å². The summed E-state index contributed by atoms with van der Waals surface area (Å²) in [4.78, 5) is 0. The van der Waals surface area contributed by atoms with Gasteiger partial charge in [-0.15, -0.1) is 0 Å². The Kier molecular flexibility index (Phi) is 2.35. The molecule has 0 aromatic rings. The molecule has 3 aliphatic rings. The lowest BCUT2D eigenvalue weighted by molar-refractivity contribution is -0.0690. The lowest BCUT2D eigenvalue weighted by Crippen LogP contribution is -2.48. The van der Waals surface area contributed by atoms with Crippen molar-refractivity contribution in [3.63, 3.8) is 0 Å². The quantitative estimate of drug-likeness (QED) is 0.701. The highest BCUT2D eigenvalue weighted by molar-refractivity contribution is 5.02. The van der Waals surface area contributed by atoms with Crippen LogP contribution in [0.2, 0.25) is 0 Å². The molecule has 0 aromatic heterocycles. The van der Waals surface area contributed by atoms with E-state index in [0.29, 0.717) is 6.04 Å². The zero-order valence-corrected chi connectivity index (χ0v) is 10.0. The minimum atomic E-state index is 0.518. The van der Waals surface area contributed by atoms with Crippen LogP contribution in [0.3, 0.4) is 0 Å². The van der Waals surface area contributed by atoms with E-state index in [1.165, 1.54) is 38.5 Å². The SMILES string of the molecule is CC1CCC(N)CC1C1CC2(CCC2)C1. The molecule has 1 nitrogen and oxygen atoms in total. The minimum Gasteiger partial charge on any atom is -0.328 e. The molecule has 3 atom stereocenters. The van der Waals surface area contributed by atoms with Crippen LogP contribution in [0.1, 0.15) is 58.3 Å². The van der Waals surface area contributed by atoms with Crippen LogP contribution >= 0.6 is 0 Å². The van der Waals surface area contributed by atoms with E-state index in [-0.39, 0.29) is 0 Å². The third-order valence-electron chi connectivity index (χ3n) is 5.71. The van der Waals surface area contributed by atoms with Crippen molar-refractivity contribution in [2.24, 2.45) is 28.9 Å². The van der Waals surface area contributed by atoms with Gasteiger partial charge < -0.3 is 5.73 Å². The van der Waals surface area contributed by atoms with Crippen LogP contribution in [0, 0.1) is 23.2 Å². The van der Waals surface area contributed by atoms with Crippen molar-refractivity contribution in [1.29, 1.82) is 0 Å². The second kappa shape index (κ2) is 3.48. The van der Waals surface area contributed by atoms with E-state index in [4.69, 9.17) is 5.73 Å². The van der Waals surface area contributed by atoms with Crippen molar-refractivity contribution in [3.05, 3.63) is 0 Å². The van der Waals surface area contributed by atoms with E-state index >= 15 is 0 Å². The molecule has 0 saturated heterocycles. The number of hydrogen-bond acceptors (Lipinski definition) is 1. The standard InChI is InChI=1S/C14H25N/c1-10-3-4-12(15)7-13(10)11-8-14(9-11)5-2-6-14/h10-13H,2-9,15H2,1H3. The van der Waals surface area contributed by atoms with E-state index < -0.39 is 0 Å². The summed E-state index contributed by atoms with van der Waals surface area (Å²) in [5, 5.41) is 0. The molecule has 1 spiro atoms. The van der Waals surface area contributed by atoms with Gasteiger partial charge in [0.15, 0.2) is 0 Å².